The number of hydrogen-bond acceptors (Lipinski definition) is 4. The zero-order valence-electron chi connectivity index (χ0n) is 17.5. The van der Waals surface area contributed by atoms with Crippen LogP contribution in [0.3, 0.4) is 0 Å². The number of aryl methyl sites for hydroxylation is 1. The van der Waals surface area contributed by atoms with Gasteiger partial charge < -0.3 is 14.4 Å². The number of para-hydroxylation sites is 1. The number of likely N-dealkylation sites (tertiary alicyclic amines) is 1. The Bertz CT molecular complexity index is 828. The van der Waals surface area contributed by atoms with E-state index >= 15 is 0 Å². The Morgan fingerprint density at radius 2 is 1.79 bits per heavy atom. The number of aliphatic hydroxyl groups is 1. The summed E-state index contributed by atoms with van der Waals surface area (Å²) in [5.74, 6) is 2.37. The Morgan fingerprint density at radius 1 is 1.07 bits per heavy atom. The van der Waals surface area contributed by atoms with Crippen molar-refractivity contribution >= 4 is 0 Å². The molecule has 0 unspecified atom stereocenters. The molecule has 156 valence electrons. The SMILES string of the molecule is Cn1ccnc1C1(O)[C@@H]2CCC[C@@H]1CN(Cc1ccccc1OC1CCCC1)C2. The van der Waals surface area contributed by atoms with Gasteiger partial charge in [0.2, 0.25) is 0 Å². The molecule has 5 rings (SSSR count). The van der Waals surface area contributed by atoms with Gasteiger partial charge in [0.05, 0.1) is 6.10 Å². The predicted octanol–water partition coefficient (Wildman–Crippen LogP) is 3.86. The molecule has 2 heterocycles. The highest BCUT2D eigenvalue weighted by Gasteiger charge is 2.53. The van der Waals surface area contributed by atoms with Crippen LogP contribution in [0, 0.1) is 11.8 Å². The molecular formula is C24H33N3O2. The van der Waals surface area contributed by atoms with E-state index in [1.807, 2.05) is 24.0 Å². The third-order valence-electron chi connectivity index (χ3n) is 7.45. The fourth-order valence-electron chi connectivity index (χ4n) is 5.96. The predicted molar refractivity (Wildman–Crippen MR) is 113 cm³/mol. The number of hydrogen-bond donors (Lipinski definition) is 1. The summed E-state index contributed by atoms with van der Waals surface area (Å²) >= 11 is 0. The first-order valence-electron chi connectivity index (χ1n) is 11.3. The van der Waals surface area contributed by atoms with Gasteiger partial charge in [-0.25, -0.2) is 4.98 Å². The molecule has 1 saturated heterocycles. The lowest BCUT2D eigenvalue weighted by Crippen LogP contribution is -2.58. The van der Waals surface area contributed by atoms with Crippen molar-refractivity contribution in [1.82, 2.24) is 14.5 Å². The minimum absolute atomic E-state index is 0.235. The van der Waals surface area contributed by atoms with Crippen molar-refractivity contribution in [3.8, 4) is 5.75 Å². The van der Waals surface area contributed by atoms with Crippen molar-refractivity contribution in [2.45, 2.75) is 63.2 Å². The minimum atomic E-state index is -0.799. The van der Waals surface area contributed by atoms with Gasteiger partial charge in [0, 0.05) is 56.5 Å². The second-order valence-corrected chi connectivity index (χ2v) is 9.34. The maximum absolute atomic E-state index is 11.8. The van der Waals surface area contributed by atoms with Gasteiger partial charge in [0.1, 0.15) is 17.2 Å². The Labute approximate surface area is 173 Å². The van der Waals surface area contributed by atoms with E-state index < -0.39 is 5.60 Å². The van der Waals surface area contributed by atoms with Crippen molar-refractivity contribution in [1.29, 1.82) is 0 Å². The van der Waals surface area contributed by atoms with Crippen LogP contribution in [0.25, 0.3) is 0 Å². The monoisotopic (exact) mass is 395 g/mol. The number of aromatic nitrogens is 2. The zero-order valence-corrected chi connectivity index (χ0v) is 17.5. The molecule has 29 heavy (non-hydrogen) atoms. The van der Waals surface area contributed by atoms with Gasteiger partial charge in [-0.2, -0.15) is 0 Å². The fraction of sp³-hybridized carbons (Fsp3) is 0.625. The highest BCUT2D eigenvalue weighted by Crippen LogP contribution is 2.48. The summed E-state index contributed by atoms with van der Waals surface area (Å²) in [4.78, 5) is 7.08. The second kappa shape index (κ2) is 7.77. The summed E-state index contributed by atoms with van der Waals surface area (Å²) in [7, 11) is 2.00. The molecule has 5 nitrogen and oxygen atoms in total. The molecule has 0 spiro atoms. The largest absolute Gasteiger partial charge is 0.490 e. The van der Waals surface area contributed by atoms with Gasteiger partial charge in [-0.15, -0.1) is 0 Å². The van der Waals surface area contributed by atoms with Crippen molar-refractivity contribution in [3.63, 3.8) is 0 Å². The molecule has 2 atom stereocenters. The number of rotatable bonds is 5. The lowest BCUT2D eigenvalue weighted by atomic mass is 9.65. The average Bonchev–Trinajstić information content (AvgIpc) is 3.36. The fourth-order valence-corrected chi connectivity index (χ4v) is 5.96. The number of benzene rings is 1. The summed E-state index contributed by atoms with van der Waals surface area (Å²) < 4.78 is 8.37. The molecule has 1 N–H and O–H groups in total. The Kier molecular flexibility index (Phi) is 5.12. The molecule has 3 aliphatic rings. The number of piperidine rings is 1. The quantitative estimate of drug-likeness (QED) is 0.835. The number of imidazole rings is 1. The molecule has 0 radical (unpaired) electrons. The van der Waals surface area contributed by atoms with Crippen LogP contribution < -0.4 is 4.74 Å². The summed E-state index contributed by atoms with van der Waals surface area (Å²) in [6, 6.07) is 8.53. The molecule has 0 amide bonds. The third kappa shape index (κ3) is 3.49. The normalized spacial score (nSPS) is 30.6. The van der Waals surface area contributed by atoms with Crippen LogP contribution in [-0.4, -0.2) is 38.8 Å². The van der Waals surface area contributed by atoms with Gasteiger partial charge in [0.25, 0.3) is 0 Å². The second-order valence-electron chi connectivity index (χ2n) is 9.34. The molecule has 2 aliphatic carbocycles. The van der Waals surface area contributed by atoms with Crippen LogP contribution in [0.4, 0.5) is 0 Å². The maximum atomic E-state index is 11.8. The lowest BCUT2D eigenvalue weighted by molar-refractivity contribution is -0.155. The van der Waals surface area contributed by atoms with Crippen LogP contribution in [0.5, 0.6) is 5.75 Å². The summed E-state index contributed by atoms with van der Waals surface area (Å²) in [5, 5.41) is 11.8. The van der Waals surface area contributed by atoms with Gasteiger partial charge in [-0.05, 0) is 44.6 Å². The summed E-state index contributed by atoms with van der Waals surface area (Å²) in [5.41, 5.74) is 0.479. The molecule has 2 saturated carbocycles. The van der Waals surface area contributed by atoms with Crippen LogP contribution in [0.1, 0.15) is 56.3 Å². The van der Waals surface area contributed by atoms with Gasteiger partial charge in [0.15, 0.2) is 0 Å². The molecule has 2 aromatic rings. The van der Waals surface area contributed by atoms with E-state index in [2.05, 4.69) is 34.1 Å². The van der Waals surface area contributed by atoms with Gasteiger partial charge in [-0.3, -0.25) is 4.90 Å². The van der Waals surface area contributed by atoms with Crippen molar-refractivity contribution in [2.24, 2.45) is 18.9 Å². The van der Waals surface area contributed by atoms with Crippen molar-refractivity contribution in [2.75, 3.05) is 13.1 Å². The minimum Gasteiger partial charge on any atom is -0.490 e. The molecular weight excluding hydrogens is 362 g/mol. The third-order valence-corrected chi connectivity index (χ3v) is 7.45. The van der Waals surface area contributed by atoms with Crippen LogP contribution in [0.15, 0.2) is 36.7 Å². The first-order chi connectivity index (χ1) is 14.1. The van der Waals surface area contributed by atoms with Crippen molar-refractivity contribution < 1.29 is 9.84 Å². The molecule has 1 aliphatic heterocycles. The molecule has 2 bridgehead atoms. The van der Waals surface area contributed by atoms with Gasteiger partial charge >= 0.3 is 0 Å². The van der Waals surface area contributed by atoms with Crippen LogP contribution >= 0.6 is 0 Å². The number of ether oxygens (including phenoxy) is 1. The van der Waals surface area contributed by atoms with E-state index in [-0.39, 0.29) is 11.8 Å². The van der Waals surface area contributed by atoms with E-state index in [9.17, 15) is 5.11 Å². The Morgan fingerprint density at radius 3 is 2.48 bits per heavy atom. The lowest BCUT2D eigenvalue weighted by Gasteiger charge is -2.52. The number of fused-ring (bicyclic) bond motifs is 2. The molecule has 1 aromatic heterocycles. The van der Waals surface area contributed by atoms with E-state index in [1.54, 1.807) is 0 Å². The van der Waals surface area contributed by atoms with E-state index in [0.29, 0.717) is 6.10 Å². The van der Waals surface area contributed by atoms with Crippen molar-refractivity contribution in [3.05, 3.63) is 48.0 Å². The van der Waals surface area contributed by atoms with Gasteiger partial charge in [-0.1, -0.05) is 24.6 Å². The zero-order chi connectivity index (χ0) is 19.8. The highest BCUT2D eigenvalue weighted by atomic mass is 16.5. The molecule has 1 aromatic carbocycles. The highest BCUT2D eigenvalue weighted by molar-refractivity contribution is 5.33. The standard InChI is InChI=1S/C24H33N3O2/c1-26-14-13-25-23(26)24(28)19-8-6-9-20(24)17-27(16-19)15-18-7-2-5-12-22(18)29-21-10-3-4-11-21/h2,5,7,12-14,19-21,28H,3-4,6,8-11,15-17H2,1H3/t19-,20-/m1/s1. The topological polar surface area (TPSA) is 50.5 Å². The van der Waals surface area contributed by atoms with Crippen LogP contribution in [-0.2, 0) is 19.2 Å². The molecule has 3 fully saturated rings. The summed E-state index contributed by atoms with van der Waals surface area (Å²) in [6.07, 6.45) is 12.4. The Hall–Kier alpha value is -1.85. The van der Waals surface area contributed by atoms with E-state index in [4.69, 9.17) is 4.74 Å². The van der Waals surface area contributed by atoms with E-state index in [1.165, 1.54) is 37.7 Å². The first-order valence-corrected chi connectivity index (χ1v) is 11.3. The maximum Gasteiger partial charge on any atom is 0.141 e. The molecule has 5 heteroatoms. The average molecular weight is 396 g/mol. The van der Waals surface area contributed by atoms with E-state index in [0.717, 1.165) is 44.0 Å². The smallest absolute Gasteiger partial charge is 0.141 e. The van der Waals surface area contributed by atoms with Crippen LogP contribution in [0.2, 0.25) is 0 Å². The number of nitrogens with zero attached hydrogens (tertiary/aromatic N) is 3. The Balaban J connectivity index is 1.34. The summed E-state index contributed by atoms with van der Waals surface area (Å²) in [6.45, 7) is 2.72. The first kappa shape index (κ1) is 19.1.